The summed E-state index contributed by atoms with van der Waals surface area (Å²) in [5.41, 5.74) is 1.14. The molecular weight excluding hydrogens is 552 g/mol. The quantitative estimate of drug-likeness (QED) is 0.233. The molecule has 1 spiro atoms. The molecule has 5 rings (SSSR count). The van der Waals surface area contributed by atoms with Gasteiger partial charge in [-0.1, -0.05) is 12.8 Å². The minimum Gasteiger partial charge on any atom is -0.387 e. The molecule has 2 aliphatic heterocycles. The van der Waals surface area contributed by atoms with E-state index in [1.54, 1.807) is 0 Å². The number of imidazole rings is 1. The summed E-state index contributed by atoms with van der Waals surface area (Å²) in [4.78, 5) is 42.8. The molecule has 3 fully saturated rings. The Balaban J connectivity index is 1.34. The summed E-state index contributed by atoms with van der Waals surface area (Å²) >= 11 is 6.26. The van der Waals surface area contributed by atoms with Crippen molar-refractivity contribution in [3.63, 3.8) is 0 Å². The number of halogens is 1. The molecule has 2 saturated heterocycles. The molecule has 5 N–H and O–H groups in total. The van der Waals surface area contributed by atoms with Crippen LogP contribution in [0.5, 0.6) is 0 Å². The molecular formula is C20H30ClN5O9P2. The van der Waals surface area contributed by atoms with Gasteiger partial charge < -0.3 is 39.1 Å². The highest BCUT2D eigenvalue weighted by molar-refractivity contribution is 7.70. The highest BCUT2D eigenvalue weighted by atomic mass is 35.5. The number of anilines is 1. The van der Waals surface area contributed by atoms with E-state index in [0.717, 1.165) is 25.9 Å². The lowest BCUT2D eigenvalue weighted by atomic mass is 9.77. The van der Waals surface area contributed by atoms with Crippen molar-refractivity contribution in [1.29, 1.82) is 0 Å². The SMILES string of the molecule is O=P(O)(O)CP(=O)(O)OCC1OC(n2cnc3c(N4CCC5(CCCC5)CC4)nc(Cl)nc32)C(O)C1O. The number of aliphatic hydroxyl groups excluding tert-OH is 2. The lowest BCUT2D eigenvalue weighted by Gasteiger charge is -2.39. The monoisotopic (exact) mass is 581 g/mol. The standard InChI is InChI=1S/C20H30ClN5O9P2/c21-19-23-16(25-7-5-20(6-8-25)3-1-2-4-20)13-17(24-19)26(10-22-13)18-15(28)14(27)12(35-18)9-34-37(32,33)11-36(29,30)31/h10,12,14-15,18,27-28H,1-9,11H2,(H,32,33)(H2,29,30,31). The zero-order valence-corrected chi connectivity index (χ0v) is 22.4. The number of piperidine rings is 1. The molecule has 0 aromatic carbocycles. The first-order valence-electron chi connectivity index (χ1n) is 12.0. The van der Waals surface area contributed by atoms with Gasteiger partial charge in [0.25, 0.3) is 0 Å². The first-order chi connectivity index (χ1) is 17.4. The van der Waals surface area contributed by atoms with Gasteiger partial charge in [0.1, 0.15) is 18.3 Å². The molecule has 17 heteroatoms. The molecule has 206 valence electrons. The van der Waals surface area contributed by atoms with Crippen LogP contribution in [0.3, 0.4) is 0 Å². The third-order valence-electron chi connectivity index (χ3n) is 7.58. The molecule has 37 heavy (non-hydrogen) atoms. The third kappa shape index (κ3) is 5.74. The number of ether oxygens (including phenoxy) is 1. The van der Waals surface area contributed by atoms with Crippen molar-refractivity contribution in [2.75, 3.05) is 30.5 Å². The Morgan fingerprint density at radius 2 is 1.76 bits per heavy atom. The predicted molar refractivity (Wildman–Crippen MR) is 131 cm³/mol. The topological polar surface area (TPSA) is 201 Å². The Hall–Kier alpha value is -1.18. The van der Waals surface area contributed by atoms with E-state index in [2.05, 4.69) is 19.9 Å². The maximum absolute atomic E-state index is 12.0. The van der Waals surface area contributed by atoms with Crippen molar-refractivity contribution in [3.8, 4) is 0 Å². The van der Waals surface area contributed by atoms with Crippen molar-refractivity contribution < 1.29 is 43.3 Å². The highest BCUT2D eigenvalue weighted by Crippen LogP contribution is 2.55. The van der Waals surface area contributed by atoms with Gasteiger partial charge in [-0.2, -0.15) is 9.97 Å². The van der Waals surface area contributed by atoms with E-state index in [1.807, 2.05) is 0 Å². The number of fused-ring (bicyclic) bond motifs is 1. The van der Waals surface area contributed by atoms with Gasteiger partial charge in [0.05, 0.1) is 12.9 Å². The van der Waals surface area contributed by atoms with Crippen LogP contribution in [0.1, 0.15) is 44.8 Å². The van der Waals surface area contributed by atoms with Gasteiger partial charge in [-0.25, -0.2) is 4.98 Å². The average molecular weight is 582 g/mol. The van der Waals surface area contributed by atoms with Gasteiger partial charge in [0, 0.05) is 13.1 Å². The number of aromatic nitrogens is 4. The smallest absolute Gasteiger partial charge is 0.340 e. The van der Waals surface area contributed by atoms with Crippen LogP contribution in [0.4, 0.5) is 5.82 Å². The molecule has 1 saturated carbocycles. The van der Waals surface area contributed by atoms with Crippen LogP contribution in [0.15, 0.2) is 6.33 Å². The molecule has 2 aromatic heterocycles. The minimum atomic E-state index is -4.82. The summed E-state index contributed by atoms with van der Waals surface area (Å²) in [7, 11) is -9.49. The Kier molecular flexibility index (Phi) is 7.47. The Morgan fingerprint density at radius 3 is 2.41 bits per heavy atom. The largest absolute Gasteiger partial charge is 0.387 e. The van der Waals surface area contributed by atoms with Crippen molar-refractivity contribution in [2.45, 2.75) is 63.1 Å². The first kappa shape index (κ1) is 27.4. The minimum absolute atomic E-state index is 0.0167. The normalized spacial score (nSPS) is 29.8. The zero-order chi connectivity index (χ0) is 26.6. The third-order valence-corrected chi connectivity index (χ3v) is 11.2. The van der Waals surface area contributed by atoms with Gasteiger partial charge in [-0.05, 0) is 42.7 Å². The lowest BCUT2D eigenvalue weighted by Crippen LogP contribution is -2.39. The summed E-state index contributed by atoms with van der Waals surface area (Å²) in [5.74, 6) is -0.801. The Bertz CT molecular complexity index is 1240. The summed E-state index contributed by atoms with van der Waals surface area (Å²) in [6.45, 7) is 0.934. The van der Waals surface area contributed by atoms with Crippen molar-refractivity contribution in [3.05, 3.63) is 11.6 Å². The fourth-order valence-corrected chi connectivity index (χ4v) is 8.39. The average Bonchev–Trinajstić information content (AvgIpc) is 3.50. The second-order valence-corrected chi connectivity index (χ2v) is 14.5. The number of rotatable bonds is 7. The zero-order valence-electron chi connectivity index (χ0n) is 19.8. The van der Waals surface area contributed by atoms with Crippen LogP contribution in [-0.2, 0) is 18.4 Å². The molecule has 0 bridgehead atoms. The first-order valence-corrected chi connectivity index (χ1v) is 16.0. The second-order valence-electron chi connectivity index (χ2n) is 10.1. The van der Waals surface area contributed by atoms with E-state index in [9.17, 15) is 24.2 Å². The number of hydrogen-bond donors (Lipinski definition) is 5. The molecule has 14 nitrogen and oxygen atoms in total. The van der Waals surface area contributed by atoms with E-state index in [1.165, 1.54) is 36.6 Å². The maximum atomic E-state index is 12.0. The van der Waals surface area contributed by atoms with E-state index >= 15 is 0 Å². The van der Waals surface area contributed by atoms with Crippen LogP contribution in [0.2, 0.25) is 5.28 Å². The highest BCUT2D eigenvalue weighted by Gasteiger charge is 2.46. The number of aliphatic hydroxyl groups is 2. The maximum Gasteiger partial charge on any atom is 0.340 e. The van der Waals surface area contributed by atoms with Gasteiger partial charge >= 0.3 is 15.2 Å². The summed E-state index contributed by atoms with van der Waals surface area (Å²) in [6.07, 6.45) is 3.10. The molecule has 5 unspecified atom stereocenters. The van der Waals surface area contributed by atoms with Crippen molar-refractivity contribution in [1.82, 2.24) is 19.5 Å². The summed E-state index contributed by atoms with van der Waals surface area (Å²) in [6, 6.07) is 0. The summed E-state index contributed by atoms with van der Waals surface area (Å²) in [5, 5.41) is 21.1. The van der Waals surface area contributed by atoms with Crippen LogP contribution >= 0.6 is 26.8 Å². The lowest BCUT2D eigenvalue weighted by molar-refractivity contribution is -0.0483. The predicted octanol–water partition coefficient (Wildman–Crippen LogP) is 1.60. The molecule has 0 amide bonds. The molecule has 4 heterocycles. The van der Waals surface area contributed by atoms with E-state index in [-0.39, 0.29) is 10.9 Å². The van der Waals surface area contributed by atoms with Gasteiger partial charge in [0.15, 0.2) is 29.1 Å². The number of hydrogen-bond acceptors (Lipinski definition) is 10. The molecule has 3 aliphatic rings. The van der Waals surface area contributed by atoms with Crippen LogP contribution in [-0.4, -0.2) is 88.3 Å². The Labute approximate surface area is 217 Å². The van der Waals surface area contributed by atoms with Crippen molar-refractivity contribution in [2.24, 2.45) is 5.41 Å². The van der Waals surface area contributed by atoms with Crippen LogP contribution in [0, 0.1) is 5.41 Å². The van der Waals surface area contributed by atoms with E-state index < -0.39 is 52.2 Å². The fraction of sp³-hybridized carbons (Fsp3) is 0.750. The molecule has 5 atom stereocenters. The Morgan fingerprint density at radius 1 is 1.08 bits per heavy atom. The fourth-order valence-electron chi connectivity index (χ4n) is 5.66. The molecule has 2 aromatic rings. The second kappa shape index (κ2) is 10.1. The van der Waals surface area contributed by atoms with E-state index in [4.69, 9.17) is 30.6 Å². The van der Waals surface area contributed by atoms with Crippen LogP contribution < -0.4 is 4.90 Å². The summed E-state index contributed by atoms with van der Waals surface area (Å²) < 4.78 is 34.9. The number of nitrogens with zero attached hydrogens (tertiary/aromatic N) is 5. The van der Waals surface area contributed by atoms with Gasteiger partial charge in [-0.15, -0.1) is 0 Å². The molecule has 1 aliphatic carbocycles. The van der Waals surface area contributed by atoms with Crippen molar-refractivity contribution >= 4 is 43.8 Å². The van der Waals surface area contributed by atoms with Gasteiger partial charge in [0.2, 0.25) is 5.28 Å². The van der Waals surface area contributed by atoms with Crippen LogP contribution in [0.25, 0.3) is 11.2 Å². The van der Waals surface area contributed by atoms with E-state index in [0.29, 0.717) is 16.7 Å². The molecule has 0 radical (unpaired) electrons. The van der Waals surface area contributed by atoms with Gasteiger partial charge in [-0.3, -0.25) is 13.7 Å².